The van der Waals surface area contributed by atoms with E-state index in [9.17, 15) is 4.79 Å². The molecule has 0 bridgehead atoms. The third-order valence-corrected chi connectivity index (χ3v) is 5.58. The summed E-state index contributed by atoms with van der Waals surface area (Å²) in [5.74, 6) is 1.04. The molecule has 5 heteroatoms. The fraction of sp³-hybridized carbons (Fsp3) is 0.235. The molecule has 1 aromatic carbocycles. The molecule has 0 N–H and O–H groups in total. The van der Waals surface area contributed by atoms with Crippen molar-refractivity contribution < 1.29 is 9.15 Å². The third-order valence-electron chi connectivity index (χ3n) is 4.05. The van der Waals surface area contributed by atoms with Crippen molar-refractivity contribution in [2.45, 2.75) is 18.3 Å². The summed E-state index contributed by atoms with van der Waals surface area (Å²) in [6.45, 7) is 5.89. The fourth-order valence-electron chi connectivity index (χ4n) is 3.06. The zero-order valence-corrected chi connectivity index (χ0v) is 13.4. The van der Waals surface area contributed by atoms with Crippen LogP contribution in [0.1, 0.15) is 17.9 Å². The van der Waals surface area contributed by atoms with Crippen molar-refractivity contribution in [1.29, 1.82) is 0 Å². The molecule has 0 saturated heterocycles. The summed E-state index contributed by atoms with van der Waals surface area (Å²) in [5, 5.41) is 1.00. The van der Waals surface area contributed by atoms with E-state index in [1.165, 1.54) is 4.91 Å². The number of hydrogen-bond donors (Lipinski definition) is 0. The minimum Gasteiger partial charge on any atom is -0.478 e. The van der Waals surface area contributed by atoms with Crippen molar-refractivity contribution in [2.24, 2.45) is 5.92 Å². The lowest BCUT2D eigenvalue weighted by molar-refractivity contribution is 0.162. The van der Waals surface area contributed by atoms with E-state index in [0.29, 0.717) is 21.8 Å². The summed E-state index contributed by atoms with van der Waals surface area (Å²) in [4.78, 5) is 14.0. The molecule has 3 heterocycles. The van der Waals surface area contributed by atoms with Gasteiger partial charge in [-0.15, -0.1) is 11.8 Å². The van der Waals surface area contributed by atoms with Gasteiger partial charge in [-0.1, -0.05) is 30.3 Å². The number of ether oxygens (including phenoxy) is 1. The normalized spacial score (nSPS) is 26.1. The fourth-order valence-corrected chi connectivity index (χ4v) is 4.52. The average molecular weight is 333 g/mol. The molecule has 4 rings (SSSR count). The van der Waals surface area contributed by atoms with Crippen LogP contribution in [0.4, 0.5) is 0 Å². The number of halogens is 1. The summed E-state index contributed by atoms with van der Waals surface area (Å²) in [7, 11) is 0. The molecule has 112 valence electrons. The van der Waals surface area contributed by atoms with Gasteiger partial charge < -0.3 is 9.15 Å². The molecule has 0 spiro atoms. The number of fused-ring (bicyclic) bond motifs is 4. The van der Waals surface area contributed by atoms with Crippen LogP contribution < -0.4 is 10.2 Å². The SMILES string of the molecule is C=CC1Oc2c(oc3ccc(Cl)cc3c2=O)C2SC(C)=CC12. The van der Waals surface area contributed by atoms with Crippen molar-refractivity contribution in [2.75, 3.05) is 0 Å². The average Bonchev–Trinajstić information content (AvgIpc) is 2.89. The topological polar surface area (TPSA) is 39.4 Å². The zero-order chi connectivity index (χ0) is 15.4. The van der Waals surface area contributed by atoms with Crippen molar-refractivity contribution in [3.05, 3.63) is 62.8 Å². The Morgan fingerprint density at radius 1 is 1.41 bits per heavy atom. The molecule has 2 aliphatic rings. The third kappa shape index (κ3) is 1.94. The first-order chi connectivity index (χ1) is 10.6. The highest BCUT2D eigenvalue weighted by atomic mass is 35.5. The lowest BCUT2D eigenvalue weighted by Gasteiger charge is -2.31. The van der Waals surface area contributed by atoms with Crippen LogP contribution in [0.5, 0.6) is 5.75 Å². The molecule has 0 fully saturated rings. The Balaban J connectivity index is 1.99. The van der Waals surface area contributed by atoms with Crippen LogP contribution >= 0.6 is 23.4 Å². The maximum absolute atomic E-state index is 12.8. The van der Waals surface area contributed by atoms with Gasteiger partial charge in [0.2, 0.25) is 11.2 Å². The quantitative estimate of drug-likeness (QED) is 0.709. The molecule has 2 aliphatic heterocycles. The maximum atomic E-state index is 12.8. The van der Waals surface area contributed by atoms with Gasteiger partial charge in [-0.3, -0.25) is 4.79 Å². The molecule has 22 heavy (non-hydrogen) atoms. The maximum Gasteiger partial charge on any atom is 0.234 e. The highest BCUT2D eigenvalue weighted by molar-refractivity contribution is 8.03. The molecule has 0 saturated carbocycles. The number of benzene rings is 1. The summed E-state index contributed by atoms with van der Waals surface area (Å²) in [5.41, 5.74) is 0.368. The van der Waals surface area contributed by atoms with Crippen LogP contribution in [0.15, 0.2) is 51.0 Å². The Morgan fingerprint density at radius 2 is 2.23 bits per heavy atom. The summed E-state index contributed by atoms with van der Waals surface area (Å²) in [6, 6.07) is 5.07. The van der Waals surface area contributed by atoms with Gasteiger partial charge in [-0.2, -0.15) is 0 Å². The number of allylic oxidation sites excluding steroid dienone is 1. The van der Waals surface area contributed by atoms with Crippen molar-refractivity contribution in [3.63, 3.8) is 0 Å². The van der Waals surface area contributed by atoms with Crippen LogP contribution in [0.2, 0.25) is 5.02 Å². The molecule has 3 unspecified atom stereocenters. The lowest BCUT2D eigenvalue weighted by atomic mass is 9.92. The van der Waals surface area contributed by atoms with E-state index < -0.39 is 0 Å². The van der Waals surface area contributed by atoms with Gasteiger partial charge in [0.05, 0.1) is 10.6 Å². The second-order valence-corrected chi connectivity index (χ2v) is 7.30. The predicted octanol–water partition coefficient (Wildman–Crippen LogP) is 4.70. The van der Waals surface area contributed by atoms with Gasteiger partial charge in [0.25, 0.3) is 0 Å². The molecular formula is C17H13ClO3S. The first-order valence-corrected chi connectivity index (χ1v) is 8.25. The van der Waals surface area contributed by atoms with E-state index >= 15 is 0 Å². The molecule has 3 nitrogen and oxygen atoms in total. The van der Waals surface area contributed by atoms with Crippen molar-refractivity contribution in [1.82, 2.24) is 0 Å². The monoisotopic (exact) mass is 332 g/mol. The lowest BCUT2D eigenvalue weighted by Crippen LogP contribution is -2.33. The second kappa shape index (κ2) is 4.93. The molecule has 1 aromatic heterocycles. The summed E-state index contributed by atoms with van der Waals surface area (Å²) >= 11 is 7.69. The van der Waals surface area contributed by atoms with Crippen LogP contribution in [-0.2, 0) is 0 Å². The minimum absolute atomic E-state index is 0.0551. The minimum atomic E-state index is -0.220. The van der Waals surface area contributed by atoms with E-state index in [2.05, 4.69) is 19.6 Å². The molecular weight excluding hydrogens is 320 g/mol. The van der Waals surface area contributed by atoms with Gasteiger partial charge in [0.15, 0.2) is 5.76 Å². The second-order valence-electron chi connectivity index (χ2n) is 5.48. The van der Waals surface area contributed by atoms with Gasteiger partial charge in [0.1, 0.15) is 11.7 Å². The van der Waals surface area contributed by atoms with E-state index in [4.69, 9.17) is 20.8 Å². The van der Waals surface area contributed by atoms with Crippen molar-refractivity contribution >= 4 is 34.3 Å². The van der Waals surface area contributed by atoms with E-state index in [1.54, 1.807) is 36.0 Å². The molecule has 0 amide bonds. The Hall–Kier alpha value is -1.65. The van der Waals surface area contributed by atoms with Crippen LogP contribution in [-0.4, -0.2) is 6.10 Å². The van der Waals surface area contributed by atoms with Gasteiger partial charge in [-0.05, 0) is 30.0 Å². The van der Waals surface area contributed by atoms with Crippen LogP contribution in [0.25, 0.3) is 11.0 Å². The summed E-state index contributed by atoms with van der Waals surface area (Å²) in [6.07, 6.45) is 3.69. The van der Waals surface area contributed by atoms with Gasteiger partial charge >= 0.3 is 0 Å². The zero-order valence-electron chi connectivity index (χ0n) is 11.8. The molecule has 0 radical (unpaired) electrons. The number of hydrogen-bond acceptors (Lipinski definition) is 4. The van der Waals surface area contributed by atoms with Gasteiger partial charge in [0, 0.05) is 10.9 Å². The van der Waals surface area contributed by atoms with E-state index in [-0.39, 0.29) is 28.5 Å². The Morgan fingerprint density at radius 3 is 3.00 bits per heavy atom. The number of thioether (sulfide) groups is 1. The van der Waals surface area contributed by atoms with Gasteiger partial charge in [-0.25, -0.2) is 0 Å². The summed E-state index contributed by atoms with van der Waals surface area (Å²) < 4.78 is 11.9. The molecule has 0 aliphatic carbocycles. The number of rotatable bonds is 1. The molecule has 2 aromatic rings. The van der Waals surface area contributed by atoms with E-state index in [1.807, 2.05) is 0 Å². The Kier molecular flexibility index (Phi) is 3.13. The van der Waals surface area contributed by atoms with E-state index in [0.717, 1.165) is 0 Å². The highest BCUT2D eigenvalue weighted by Crippen LogP contribution is 2.54. The highest BCUT2D eigenvalue weighted by Gasteiger charge is 2.43. The standard InChI is InChI=1S/C17H13ClO3S/c1-3-12-11-6-8(2)22-17(11)16-15(20-12)14(19)10-7-9(18)4-5-13(10)21-16/h3-7,11-12,17H,1H2,2H3. The van der Waals surface area contributed by atoms with Crippen LogP contribution in [0.3, 0.4) is 0 Å². The first kappa shape index (κ1) is 14.0. The molecule has 3 atom stereocenters. The van der Waals surface area contributed by atoms with Crippen LogP contribution in [0, 0.1) is 5.92 Å². The Bertz CT molecular complexity index is 883. The largest absolute Gasteiger partial charge is 0.478 e. The Labute approximate surface area is 136 Å². The predicted molar refractivity (Wildman–Crippen MR) is 89.7 cm³/mol. The van der Waals surface area contributed by atoms with Crippen molar-refractivity contribution in [3.8, 4) is 5.75 Å². The smallest absolute Gasteiger partial charge is 0.234 e. The first-order valence-electron chi connectivity index (χ1n) is 6.99.